The zero-order valence-corrected chi connectivity index (χ0v) is 22.1. The van der Waals surface area contributed by atoms with Crippen LogP contribution >= 0.6 is 11.8 Å². The summed E-state index contributed by atoms with van der Waals surface area (Å²) in [6.07, 6.45) is 5.21. The first kappa shape index (κ1) is 31.6. The smallest absolute Gasteiger partial charge is 0.237 e. The third kappa shape index (κ3) is 11.6. The van der Waals surface area contributed by atoms with Gasteiger partial charge in [-0.3, -0.25) is 14.4 Å². The Morgan fingerprint density at radius 2 is 1.74 bits per heavy atom. The van der Waals surface area contributed by atoms with Gasteiger partial charge in [0, 0.05) is 12.1 Å². The number of allylic oxidation sites excluding steroid dienone is 2. The fourth-order valence-corrected chi connectivity index (χ4v) is 4.96. The molecule has 0 bridgehead atoms. The fraction of sp³-hybridized carbons (Fsp3) is 0.783. The highest BCUT2D eigenvalue weighted by Crippen LogP contribution is 2.50. The lowest BCUT2D eigenvalue weighted by Crippen LogP contribution is -2.44. The maximum absolute atomic E-state index is 11.9. The summed E-state index contributed by atoms with van der Waals surface area (Å²) in [5, 5.41) is 5.96. The molecule has 4 N–H and O–H groups in total. The van der Waals surface area contributed by atoms with Crippen LogP contribution < -0.4 is 16.4 Å². The number of nitrogens with zero attached hydrogens (tertiary/aromatic N) is 1. The summed E-state index contributed by atoms with van der Waals surface area (Å²) >= 11 is 1.82. The minimum Gasteiger partial charge on any atom is -0.372 e. The summed E-state index contributed by atoms with van der Waals surface area (Å²) < 4.78 is 0. The molecule has 0 aromatic heterocycles. The number of amides is 3. The standard InChI is InChI=1S/C17H33N3O2S.C5H10.CH3NO/c1-12(19-15(22)13(2)18-7)8-9-23-17(6)10-16(4,5)14(3)20(17)11-21;1-4-5(2)3;2-1-3/h11-14,18H,8-10H2,1-7H3,(H,19,22);4H,1-3H3;1H,(H2,2,3)/t12?,13-,14?,17-;;/m0../s1. The molecule has 3 amide bonds. The van der Waals surface area contributed by atoms with E-state index in [0.29, 0.717) is 0 Å². The fourth-order valence-electron chi connectivity index (χ4n) is 3.23. The van der Waals surface area contributed by atoms with Crippen molar-refractivity contribution in [3.63, 3.8) is 0 Å². The molecule has 0 saturated carbocycles. The third-order valence-corrected chi connectivity index (χ3v) is 7.16. The number of carbonyl (C=O) groups is 3. The van der Waals surface area contributed by atoms with Crippen molar-refractivity contribution in [1.82, 2.24) is 15.5 Å². The summed E-state index contributed by atoms with van der Waals surface area (Å²) in [5.74, 6) is 0.945. The Morgan fingerprint density at radius 3 is 2.13 bits per heavy atom. The maximum atomic E-state index is 11.9. The van der Waals surface area contributed by atoms with Crippen LogP contribution in [0.25, 0.3) is 0 Å². The van der Waals surface area contributed by atoms with Crippen molar-refractivity contribution in [2.75, 3.05) is 12.8 Å². The van der Waals surface area contributed by atoms with Gasteiger partial charge in [0.15, 0.2) is 0 Å². The number of carbonyl (C=O) groups excluding carboxylic acids is 3. The van der Waals surface area contributed by atoms with Gasteiger partial charge < -0.3 is 21.3 Å². The van der Waals surface area contributed by atoms with Crippen LogP contribution in [0.2, 0.25) is 0 Å². The molecule has 0 spiro atoms. The van der Waals surface area contributed by atoms with Gasteiger partial charge in [-0.2, -0.15) is 0 Å². The van der Waals surface area contributed by atoms with Crippen molar-refractivity contribution in [3.8, 4) is 0 Å². The molecule has 1 saturated heterocycles. The lowest BCUT2D eigenvalue weighted by Gasteiger charge is -2.34. The number of nitrogens with one attached hydrogen (secondary N) is 2. The minimum atomic E-state index is -0.176. The number of hydrogen-bond donors (Lipinski definition) is 3. The van der Waals surface area contributed by atoms with Crippen LogP contribution in [0.5, 0.6) is 0 Å². The Labute approximate surface area is 194 Å². The molecule has 4 atom stereocenters. The summed E-state index contributed by atoms with van der Waals surface area (Å²) in [7, 11) is 1.78. The molecule has 0 aromatic carbocycles. The van der Waals surface area contributed by atoms with Gasteiger partial charge in [0.1, 0.15) is 0 Å². The number of likely N-dealkylation sites (tertiary alicyclic amines) is 1. The van der Waals surface area contributed by atoms with E-state index in [1.54, 1.807) is 7.05 Å². The average Bonchev–Trinajstić information content (AvgIpc) is 2.85. The number of thioether (sulfide) groups is 1. The molecule has 1 aliphatic heterocycles. The molecule has 0 radical (unpaired) electrons. The lowest BCUT2D eigenvalue weighted by molar-refractivity contribution is -0.123. The number of rotatable bonds is 8. The van der Waals surface area contributed by atoms with Crippen molar-refractivity contribution in [2.24, 2.45) is 11.1 Å². The van der Waals surface area contributed by atoms with Gasteiger partial charge in [0.05, 0.1) is 10.9 Å². The Kier molecular flexibility index (Phi) is 15.6. The van der Waals surface area contributed by atoms with Crippen LogP contribution in [-0.4, -0.2) is 59.4 Å². The lowest BCUT2D eigenvalue weighted by atomic mass is 9.85. The quantitative estimate of drug-likeness (QED) is 0.382. The van der Waals surface area contributed by atoms with Crippen molar-refractivity contribution in [3.05, 3.63) is 11.6 Å². The molecule has 0 aliphatic carbocycles. The molecule has 2 unspecified atom stereocenters. The second-order valence-electron chi connectivity index (χ2n) is 9.09. The van der Waals surface area contributed by atoms with Crippen LogP contribution in [-0.2, 0) is 14.4 Å². The zero-order chi connectivity index (χ0) is 24.8. The molecular weight excluding hydrogens is 412 g/mol. The van der Waals surface area contributed by atoms with Gasteiger partial charge in [0.25, 0.3) is 0 Å². The molecule has 8 heteroatoms. The van der Waals surface area contributed by atoms with Gasteiger partial charge in [-0.1, -0.05) is 25.5 Å². The molecule has 31 heavy (non-hydrogen) atoms. The van der Waals surface area contributed by atoms with E-state index >= 15 is 0 Å². The number of likely N-dealkylation sites (N-methyl/N-ethyl adjacent to an activating group) is 1. The molecule has 0 aromatic rings. The van der Waals surface area contributed by atoms with Crippen LogP contribution in [0.1, 0.15) is 75.2 Å². The largest absolute Gasteiger partial charge is 0.372 e. The average molecular weight is 459 g/mol. The van der Waals surface area contributed by atoms with E-state index < -0.39 is 0 Å². The molecule has 182 valence electrons. The van der Waals surface area contributed by atoms with E-state index in [1.165, 1.54) is 5.57 Å². The molecule has 1 heterocycles. The molecule has 1 fully saturated rings. The Bertz CT molecular complexity index is 579. The summed E-state index contributed by atoms with van der Waals surface area (Å²) in [6.45, 7) is 18.8. The predicted octanol–water partition coefficient (Wildman–Crippen LogP) is 3.29. The highest BCUT2D eigenvalue weighted by Gasteiger charge is 2.50. The normalized spacial score (nSPS) is 23.2. The molecule has 1 rings (SSSR count). The first-order chi connectivity index (χ1) is 14.3. The van der Waals surface area contributed by atoms with Crippen LogP contribution in [0, 0.1) is 5.41 Å². The monoisotopic (exact) mass is 458 g/mol. The summed E-state index contributed by atoms with van der Waals surface area (Å²) in [4.78, 5) is 33.8. The van der Waals surface area contributed by atoms with E-state index in [-0.39, 0.29) is 40.7 Å². The van der Waals surface area contributed by atoms with Gasteiger partial charge in [-0.05, 0) is 79.5 Å². The zero-order valence-electron chi connectivity index (χ0n) is 21.2. The minimum absolute atomic E-state index is 0.0290. The van der Waals surface area contributed by atoms with E-state index in [4.69, 9.17) is 4.79 Å². The van der Waals surface area contributed by atoms with Crippen LogP contribution in [0.4, 0.5) is 0 Å². The van der Waals surface area contributed by atoms with Gasteiger partial charge in [0.2, 0.25) is 18.7 Å². The molecule has 7 nitrogen and oxygen atoms in total. The Morgan fingerprint density at radius 1 is 1.26 bits per heavy atom. The second kappa shape index (κ2) is 15.3. The first-order valence-electron chi connectivity index (χ1n) is 10.9. The number of primary amides is 1. The number of nitrogens with two attached hydrogens (primary N) is 1. The van der Waals surface area contributed by atoms with Gasteiger partial charge in [-0.15, -0.1) is 11.8 Å². The topological polar surface area (TPSA) is 105 Å². The van der Waals surface area contributed by atoms with E-state index in [1.807, 2.05) is 37.4 Å². The number of hydrogen-bond acceptors (Lipinski definition) is 5. The highest BCUT2D eigenvalue weighted by molar-refractivity contribution is 8.00. The first-order valence-corrected chi connectivity index (χ1v) is 11.8. The van der Waals surface area contributed by atoms with Gasteiger partial charge >= 0.3 is 0 Å². The van der Waals surface area contributed by atoms with Crippen LogP contribution in [0.3, 0.4) is 0 Å². The SMILES string of the molecule is CC=C(C)C.CN[C@@H](C)C(=O)NC(C)CCS[C@@]1(C)CC(C)(C)C(C)N1C=O.NC=O. The van der Waals surface area contributed by atoms with Crippen molar-refractivity contribution >= 4 is 30.5 Å². The second-order valence-corrected chi connectivity index (χ2v) is 10.7. The predicted molar refractivity (Wildman–Crippen MR) is 133 cm³/mol. The Balaban J connectivity index is 0. The maximum Gasteiger partial charge on any atom is 0.237 e. The summed E-state index contributed by atoms with van der Waals surface area (Å²) in [5.41, 5.74) is 5.68. The van der Waals surface area contributed by atoms with Gasteiger partial charge in [-0.25, -0.2) is 0 Å². The van der Waals surface area contributed by atoms with Crippen molar-refractivity contribution in [2.45, 2.75) is 98.2 Å². The molecule has 1 aliphatic rings. The van der Waals surface area contributed by atoms with Crippen molar-refractivity contribution in [1.29, 1.82) is 0 Å². The molecular formula is C23H46N4O3S. The summed E-state index contributed by atoms with van der Waals surface area (Å²) in [6, 6.07) is 0.196. The van der Waals surface area contributed by atoms with E-state index in [9.17, 15) is 9.59 Å². The van der Waals surface area contributed by atoms with Crippen LogP contribution in [0.15, 0.2) is 11.6 Å². The Hall–Kier alpha value is -1.54. The highest BCUT2D eigenvalue weighted by atomic mass is 32.2. The van der Waals surface area contributed by atoms with E-state index in [0.717, 1.165) is 25.0 Å². The van der Waals surface area contributed by atoms with E-state index in [2.05, 4.69) is 64.0 Å². The van der Waals surface area contributed by atoms with Crippen molar-refractivity contribution < 1.29 is 14.4 Å². The third-order valence-electron chi connectivity index (χ3n) is 5.75.